The van der Waals surface area contributed by atoms with Crippen molar-refractivity contribution in [2.45, 2.75) is 0 Å². The predicted octanol–water partition coefficient (Wildman–Crippen LogP) is 5.36. The highest BCUT2D eigenvalue weighted by Crippen LogP contribution is 2.33. The Hall–Kier alpha value is -1.37. The van der Waals surface area contributed by atoms with Gasteiger partial charge in [-0.05, 0) is 35.9 Å². The molecule has 0 N–H and O–H groups in total. The number of piperazine rings is 1. The average Bonchev–Trinajstić information content (AvgIpc) is 2.80. The SMILES string of the molecule is COCCN1CCN(c2ccccc2C=C2CN(c3ccc(Cl)c(Cl)c3)CCS2)CC1. The van der Waals surface area contributed by atoms with Crippen molar-refractivity contribution in [1.29, 1.82) is 0 Å². The summed E-state index contributed by atoms with van der Waals surface area (Å²) < 4.78 is 5.23. The van der Waals surface area contributed by atoms with Crippen LogP contribution in [0.2, 0.25) is 10.0 Å². The number of methoxy groups -OCH3 is 1. The molecule has 7 heteroatoms. The van der Waals surface area contributed by atoms with Crippen LogP contribution >= 0.6 is 35.0 Å². The average molecular weight is 478 g/mol. The molecule has 2 fully saturated rings. The molecule has 2 aromatic rings. The normalized spacial score (nSPS) is 19.3. The first-order valence-electron chi connectivity index (χ1n) is 10.7. The summed E-state index contributed by atoms with van der Waals surface area (Å²) in [4.78, 5) is 8.75. The second-order valence-corrected chi connectivity index (χ2v) is 9.90. The van der Waals surface area contributed by atoms with E-state index in [1.807, 2.05) is 23.9 Å². The maximum absolute atomic E-state index is 6.25. The van der Waals surface area contributed by atoms with Crippen molar-refractivity contribution in [3.63, 3.8) is 0 Å². The van der Waals surface area contributed by atoms with Gasteiger partial charge in [0.2, 0.25) is 0 Å². The maximum atomic E-state index is 6.25. The van der Waals surface area contributed by atoms with Gasteiger partial charge in [-0.25, -0.2) is 0 Å². The molecular formula is C24H29Cl2N3OS. The molecule has 0 radical (unpaired) electrons. The minimum absolute atomic E-state index is 0.601. The zero-order valence-corrected chi connectivity index (χ0v) is 20.2. The van der Waals surface area contributed by atoms with E-state index in [1.54, 1.807) is 7.11 Å². The van der Waals surface area contributed by atoms with Crippen LogP contribution in [0, 0.1) is 0 Å². The molecule has 0 spiro atoms. The Balaban J connectivity index is 1.47. The number of hydrogen-bond donors (Lipinski definition) is 0. The molecule has 31 heavy (non-hydrogen) atoms. The lowest BCUT2D eigenvalue weighted by atomic mass is 10.1. The molecule has 0 bridgehead atoms. The Labute approximate surface area is 199 Å². The van der Waals surface area contributed by atoms with Crippen molar-refractivity contribution in [3.8, 4) is 0 Å². The molecule has 4 rings (SSSR count). The third kappa shape index (κ3) is 5.91. The van der Waals surface area contributed by atoms with Gasteiger partial charge < -0.3 is 14.5 Å². The van der Waals surface area contributed by atoms with E-state index >= 15 is 0 Å². The van der Waals surface area contributed by atoms with Crippen molar-refractivity contribution in [1.82, 2.24) is 4.90 Å². The fourth-order valence-electron chi connectivity index (χ4n) is 4.09. The van der Waals surface area contributed by atoms with Gasteiger partial charge in [0.05, 0.1) is 16.7 Å². The summed E-state index contributed by atoms with van der Waals surface area (Å²) in [7, 11) is 1.77. The van der Waals surface area contributed by atoms with E-state index < -0.39 is 0 Å². The highest BCUT2D eigenvalue weighted by Gasteiger charge is 2.20. The minimum Gasteiger partial charge on any atom is -0.383 e. The standard InChI is InChI=1S/C24H29Cl2N3OS/c1-30-14-12-27-8-10-28(11-9-27)24-5-3-2-4-19(24)16-21-18-29(13-15-31-21)20-6-7-22(25)23(26)17-20/h2-7,16-17H,8-15,18H2,1H3. The van der Waals surface area contributed by atoms with Gasteiger partial charge in [-0.3, -0.25) is 4.90 Å². The summed E-state index contributed by atoms with van der Waals surface area (Å²) in [5.74, 6) is 1.06. The highest BCUT2D eigenvalue weighted by molar-refractivity contribution is 8.03. The van der Waals surface area contributed by atoms with Crippen LogP contribution in [0.25, 0.3) is 6.08 Å². The number of rotatable bonds is 6. The minimum atomic E-state index is 0.601. The summed E-state index contributed by atoms with van der Waals surface area (Å²) in [6, 6.07) is 14.7. The van der Waals surface area contributed by atoms with E-state index in [-0.39, 0.29) is 0 Å². The van der Waals surface area contributed by atoms with Crippen molar-refractivity contribution in [2.24, 2.45) is 0 Å². The number of ether oxygens (including phenoxy) is 1. The maximum Gasteiger partial charge on any atom is 0.0612 e. The molecular weight excluding hydrogens is 449 g/mol. The first-order valence-corrected chi connectivity index (χ1v) is 12.5. The zero-order chi connectivity index (χ0) is 21.6. The Morgan fingerprint density at radius 2 is 1.77 bits per heavy atom. The van der Waals surface area contributed by atoms with E-state index in [2.05, 4.69) is 51.1 Å². The van der Waals surface area contributed by atoms with E-state index in [0.29, 0.717) is 10.0 Å². The topological polar surface area (TPSA) is 19.0 Å². The van der Waals surface area contributed by atoms with Crippen LogP contribution in [0.3, 0.4) is 0 Å². The monoisotopic (exact) mass is 477 g/mol. The fraction of sp³-hybridized carbons (Fsp3) is 0.417. The van der Waals surface area contributed by atoms with E-state index in [4.69, 9.17) is 27.9 Å². The predicted molar refractivity (Wildman–Crippen MR) is 136 cm³/mol. The second-order valence-electron chi connectivity index (χ2n) is 7.86. The summed E-state index contributed by atoms with van der Waals surface area (Å²) in [5.41, 5.74) is 3.75. The number of hydrogen-bond acceptors (Lipinski definition) is 5. The Morgan fingerprint density at radius 3 is 2.55 bits per heavy atom. The molecule has 0 saturated carbocycles. The number of halogens is 2. The number of benzene rings is 2. The Morgan fingerprint density at radius 1 is 0.968 bits per heavy atom. The highest BCUT2D eigenvalue weighted by atomic mass is 35.5. The quantitative estimate of drug-likeness (QED) is 0.555. The zero-order valence-electron chi connectivity index (χ0n) is 17.9. The number of anilines is 2. The first kappa shape index (κ1) is 22.8. The van der Waals surface area contributed by atoms with Crippen LogP contribution in [0.15, 0.2) is 47.4 Å². The van der Waals surface area contributed by atoms with Crippen molar-refractivity contribution in [3.05, 3.63) is 63.0 Å². The van der Waals surface area contributed by atoms with Gasteiger partial charge in [-0.1, -0.05) is 41.4 Å². The summed E-state index contributed by atoms with van der Waals surface area (Å²) in [6.45, 7) is 7.96. The van der Waals surface area contributed by atoms with Crippen LogP contribution in [0.5, 0.6) is 0 Å². The molecule has 166 valence electrons. The molecule has 4 nitrogen and oxygen atoms in total. The third-order valence-electron chi connectivity index (χ3n) is 5.84. The number of para-hydroxylation sites is 1. The fourth-order valence-corrected chi connectivity index (χ4v) is 5.42. The Kier molecular flexibility index (Phi) is 8.07. The van der Waals surface area contributed by atoms with Crippen molar-refractivity contribution >= 4 is 52.4 Å². The van der Waals surface area contributed by atoms with Crippen LogP contribution in [0.4, 0.5) is 11.4 Å². The molecule has 2 saturated heterocycles. The molecule has 2 aliphatic rings. The summed E-state index contributed by atoms with van der Waals surface area (Å²) >= 11 is 14.3. The second kappa shape index (κ2) is 11.0. The van der Waals surface area contributed by atoms with Gasteiger partial charge in [0, 0.05) is 75.0 Å². The van der Waals surface area contributed by atoms with Crippen LogP contribution in [-0.4, -0.2) is 70.2 Å². The lowest BCUT2D eigenvalue weighted by molar-refractivity contribution is 0.144. The molecule has 0 aromatic heterocycles. The molecule has 0 atom stereocenters. The van der Waals surface area contributed by atoms with Crippen LogP contribution < -0.4 is 9.80 Å². The van der Waals surface area contributed by atoms with Crippen LogP contribution in [0.1, 0.15) is 5.56 Å². The Bertz CT molecular complexity index is 915. The van der Waals surface area contributed by atoms with Crippen molar-refractivity contribution < 1.29 is 4.74 Å². The molecule has 0 amide bonds. The van der Waals surface area contributed by atoms with Gasteiger partial charge in [0.1, 0.15) is 0 Å². The van der Waals surface area contributed by atoms with Gasteiger partial charge in [0.25, 0.3) is 0 Å². The molecule has 0 unspecified atom stereocenters. The molecule has 2 aliphatic heterocycles. The molecule has 2 heterocycles. The van der Waals surface area contributed by atoms with Crippen LogP contribution in [-0.2, 0) is 4.74 Å². The van der Waals surface area contributed by atoms with Gasteiger partial charge in [-0.15, -0.1) is 11.8 Å². The van der Waals surface area contributed by atoms with Gasteiger partial charge >= 0.3 is 0 Å². The molecule has 2 aromatic carbocycles. The molecule has 0 aliphatic carbocycles. The number of nitrogens with zero attached hydrogens (tertiary/aromatic N) is 3. The summed E-state index contributed by atoms with van der Waals surface area (Å²) in [5, 5.41) is 1.21. The van der Waals surface area contributed by atoms with E-state index in [0.717, 1.165) is 63.9 Å². The number of thioether (sulfide) groups is 1. The van der Waals surface area contributed by atoms with E-state index in [1.165, 1.54) is 16.2 Å². The first-order chi connectivity index (χ1) is 15.1. The lowest BCUT2D eigenvalue weighted by Gasteiger charge is -2.37. The van der Waals surface area contributed by atoms with Gasteiger partial charge in [0.15, 0.2) is 0 Å². The van der Waals surface area contributed by atoms with Crippen molar-refractivity contribution in [2.75, 3.05) is 75.1 Å². The smallest absolute Gasteiger partial charge is 0.0612 e. The largest absolute Gasteiger partial charge is 0.383 e. The van der Waals surface area contributed by atoms with Gasteiger partial charge in [-0.2, -0.15) is 0 Å². The lowest BCUT2D eigenvalue weighted by Crippen LogP contribution is -2.47. The van der Waals surface area contributed by atoms with E-state index in [9.17, 15) is 0 Å². The summed E-state index contributed by atoms with van der Waals surface area (Å²) in [6.07, 6.45) is 2.36. The third-order valence-corrected chi connectivity index (χ3v) is 7.59.